The van der Waals surface area contributed by atoms with Crippen molar-refractivity contribution in [2.75, 3.05) is 14.2 Å². The van der Waals surface area contributed by atoms with Crippen molar-refractivity contribution in [3.8, 4) is 11.5 Å². The molecule has 0 bridgehead atoms. The molecule has 2 aliphatic heterocycles. The highest BCUT2D eigenvalue weighted by molar-refractivity contribution is 8.16. The third-order valence-corrected chi connectivity index (χ3v) is 6.46. The number of carbonyl (C=O) groups excluding carboxylic acids is 2. The molecule has 0 radical (unpaired) electrons. The number of allylic oxidation sites excluding steroid dienone is 1. The molecule has 1 N–H and O–H groups in total. The molecular weight excluding hydrogens is 442 g/mol. The zero-order chi connectivity index (χ0) is 23.7. The number of benzene rings is 1. The van der Waals surface area contributed by atoms with Gasteiger partial charge in [-0.05, 0) is 45.1 Å². The molecule has 1 aromatic rings. The van der Waals surface area contributed by atoms with Crippen molar-refractivity contribution in [3.63, 3.8) is 0 Å². The summed E-state index contributed by atoms with van der Waals surface area (Å²) in [6.07, 6.45) is 1.94. The summed E-state index contributed by atoms with van der Waals surface area (Å²) < 4.78 is 16.8. The fourth-order valence-electron chi connectivity index (χ4n) is 4.00. The number of aliphatic imine (C=N–C) groups is 1. The van der Waals surface area contributed by atoms with Gasteiger partial charge in [0, 0.05) is 17.3 Å². The number of fused-ring (bicyclic) bond motifs is 1. The number of para-hydroxylation sites is 1. The van der Waals surface area contributed by atoms with Gasteiger partial charge in [-0.25, -0.2) is 9.79 Å². The summed E-state index contributed by atoms with van der Waals surface area (Å²) >= 11 is 1.44. The van der Waals surface area contributed by atoms with E-state index in [1.54, 1.807) is 27.2 Å². The molecule has 9 heteroatoms. The fraction of sp³-hybridized carbons (Fsp3) is 0.458. The molecule has 33 heavy (non-hydrogen) atoms. The zero-order valence-electron chi connectivity index (χ0n) is 19.5. The molecule has 2 heterocycles. The second-order valence-corrected chi connectivity index (χ2v) is 9.28. The van der Waals surface area contributed by atoms with Crippen LogP contribution in [0.5, 0.6) is 11.5 Å². The second kappa shape index (κ2) is 9.51. The highest BCUT2D eigenvalue weighted by Gasteiger charge is 2.43. The molecule has 176 valence electrons. The van der Waals surface area contributed by atoms with Gasteiger partial charge in [-0.1, -0.05) is 23.9 Å². The normalized spacial score (nSPS) is 19.7. The van der Waals surface area contributed by atoms with E-state index < -0.39 is 12.0 Å². The van der Waals surface area contributed by atoms with Gasteiger partial charge in [0.25, 0.3) is 0 Å². The van der Waals surface area contributed by atoms with E-state index in [-0.39, 0.29) is 24.5 Å². The summed E-state index contributed by atoms with van der Waals surface area (Å²) in [5, 5.41) is 5.67. The number of amidine groups is 1. The summed E-state index contributed by atoms with van der Waals surface area (Å²) in [6.45, 7) is 5.43. The van der Waals surface area contributed by atoms with Gasteiger partial charge in [-0.15, -0.1) is 0 Å². The summed E-state index contributed by atoms with van der Waals surface area (Å²) in [7, 11) is 3.14. The van der Waals surface area contributed by atoms with E-state index >= 15 is 0 Å². The number of amides is 1. The number of ether oxygens (including phenoxy) is 3. The van der Waals surface area contributed by atoms with Crippen LogP contribution in [0.2, 0.25) is 0 Å². The van der Waals surface area contributed by atoms with E-state index in [1.807, 2.05) is 36.3 Å². The summed E-state index contributed by atoms with van der Waals surface area (Å²) in [6, 6.07) is 5.25. The molecule has 1 aliphatic carbocycles. The Labute approximate surface area is 198 Å². The first-order valence-electron chi connectivity index (χ1n) is 11.0. The van der Waals surface area contributed by atoms with E-state index in [1.165, 1.54) is 11.8 Å². The van der Waals surface area contributed by atoms with Crippen molar-refractivity contribution in [2.24, 2.45) is 4.99 Å². The SMILES string of the molecule is COc1cccc([C@H]2C(C(=O)OC(C)C)=C(C)N=C3SC=C(CC(=O)NC4CC4)N32)c1OC. The Kier molecular flexibility index (Phi) is 6.69. The number of nitrogens with zero attached hydrogens (tertiary/aromatic N) is 2. The molecule has 4 rings (SSSR count). The highest BCUT2D eigenvalue weighted by Crippen LogP contribution is 2.48. The molecule has 3 aliphatic rings. The molecule has 0 unspecified atom stereocenters. The first kappa shape index (κ1) is 23.2. The average Bonchev–Trinajstić information content (AvgIpc) is 3.50. The smallest absolute Gasteiger partial charge is 0.338 e. The maximum absolute atomic E-state index is 13.3. The second-order valence-electron chi connectivity index (χ2n) is 8.45. The Morgan fingerprint density at radius 2 is 2.00 bits per heavy atom. The average molecular weight is 472 g/mol. The van der Waals surface area contributed by atoms with Crippen LogP contribution < -0.4 is 14.8 Å². The van der Waals surface area contributed by atoms with E-state index in [2.05, 4.69) is 10.3 Å². The van der Waals surface area contributed by atoms with Crippen LogP contribution in [0.4, 0.5) is 0 Å². The minimum absolute atomic E-state index is 0.0421. The maximum atomic E-state index is 13.3. The number of thioether (sulfide) groups is 1. The Morgan fingerprint density at radius 3 is 2.64 bits per heavy atom. The molecular formula is C24H29N3O5S. The van der Waals surface area contributed by atoms with Crippen LogP contribution in [0.15, 0.2) is 45.6 Å². The predicted octanol–water partition coefficient (Wildman–Crippen LogP) is 3.90. The lowest BCUT2D eigenvalue weighted by Gasteiger charge is -2.37. The van der Waals surface area contributed by atoms with Crippen LogP contribution in [-0.4, -0.2) is 48.3 Å². The van der Waals surface area contributed by atoms with E-state index in [4.69, 9.17) is 14.2 Å². The van der Waals surface area contributed by atoms with Gasteiger partial charge in [0.2, 0.25) is 5.91 Å². The van der Waals surface area contributed by atoms with Crippen LogP contribution in [-0.2, 0) is 14.3 Å². The molecule has 0 saturated heterocycles. The zero-order valence-corrected chi connectivity index (χ0v) is 20.3. The van der Waals surface area contributed by atoms with Gasteiger partial charge in [-0.3, -0.25) is 4.79 Å². The van der Waals surface area contributed by atoms with Crippen molar-refractivity contribution >= 4 is 28.8 Å². The quantitative estimate of drug-likeness (QED) is 0.575. The Hall–Kier alpha value is -2.94. The van der Waals surface area contributed by atoms with Gasteiger partial charge in [0.15, 0.2) is 16.7 Å². The van der Waals surface area contributed by atoms with Gasteiger partial charge >= 0.3 is 5.97 Å². The molecule has 1 amide bonds. The van der Waals surface area contributed by atoms with Gasteiger partial charge < -0.3 is 24.4 Å². The number of rotatable bonds is 8. The van der Waals surface area contributed by atoms with Crippen molar-refractivity contribution in [2.45, 2.75) is 58.2 Å². The minimum Gasteiger partial charge on any atom is -0.493 e. The monoisotopic (exact) mass is 471 g/mol. The number of hydrogen-bond acceptors (Lipinski definition) is 8. The van der Waals surface area contributed by atoms with Gasteiger partial charge in [0.05, 0.1) is 44.1 Å². The molecule has 1 aromatic carbocycles. The fourth-order valence-corrected chi connectivity index (χ4v) is 4.96. The van der Waals surface area contributed by atoms with Crippen LogP contribution >= 0.6 is 11.8 Å². The van der Waals surface area contributed by atoms with Crippen LogP contribution in [0, 0.1) is 0 Å². The lowest BCUT2D eigenvalue weighted by molar-refractivity contribution is -0.143. The first-order valence-corrected chi connectivity index (χ1v) is 11.9. The lowest BCUT2D eigenvalue weighted by Crippen LogP contribution is -2.38. The van der Waals surface area contributed by atoms with Crippen LogP contribution in [0.3, 0.4) is 0 Å². The molecule has 1 saturated carbocycles. The number of methoxy groups -OCH3 is 2. The highest BCUT2D eigenvalue weighted by atomic mass is 32.2. The van der Waals surface area contributed by atoms with Crippen molar-refractivity contribution in [3.05, 3.63) is 46.1 Å². The Balaban J connectivity index is 1.79. The number of nitrogens with one attached hydrogen (secondary N) is 1. The van der Waals surface area contributed by atoms with Crippen LogP contribution in [0.1, 0.15) is 51.6 Å². The van der Waals surface area contributed by atoms with Gasteiger partial charge in [-0.2, -0.15) is 0 Å². The van der Waals surface area contributed by atoms with E-state index in [0.717, 1.165) is 24.1 Å². The summed E-state index contributed by atoms with van der Waals surface area (Å²) in [4.78, 5) is 32.5. The predicted molar refractivity (Wildman–Crippen MR) is 127 cm³/mol. The molecule has 1 fully saturated rings. The van der Waals surface area contributed by atoms with Crippen molar-refractivity contribution in [1.29, 1.82) is 0 Å². The largest absolute Gasteiger partial charge is 0.493 e. The minimum atomic E-state index is -0.580. The van der Waals surface area contributed by atoms with E-state index in [9.17, 15) is 9.59 Å². The number of hydrogen-bond donors (Lipinski definition) is 1. The third kappa shape index (κ3) is 4.73. The summed E-state index contributed by atoms with van der Waals surface area (Å²) in [5.41, 5.74) is 2.49. The number of carbonyl (C=O) groups is 2. The van der Waals surface area contributed by atoms with Crippen molar-refractivity contribution in [1.82, 2.24) is 10.2 Å². The van der Waals surface area contributed by atoms with Crippen LogP contribution in [0.25, 0.3) is 0 Å². The van der Waals surface area contributed by atoms with Gasteiger partial charge in [0.1, 0.15) is 0 Å². The number of esters is 1. The third-order valence-electron chi connectivity index (χ3n) is 5.58. The molecule has 0 aromatic heterocycles. The topological polar surface area (TPSA) is 89.5 Å². The maximum Gasteiger partial charge on any atom is 0.338 e. The lowest BCUT2D eigenvalue weighted by atomic mass is 9.92. The summed E-state index contributed by atoms with van der Waals surface area (Å²) in [5.74, 6) is 0.586. The molecule has 1 atom stereocenters. The van der Waals surface area contributed by atoms with Crippen molar-refractivity contribution < 1.29 is 23.8 Å². The Bertz CT molecular complexity index is 1060. The molecule has 0 spiro atoms. The van der Waals surface area contributed by atoms with E-state index in [0.29, 0.717) is 27.9 Å². The Morgan fingerprint density at radius 1 is 1.24 bits per heavy atom. The first-order chi connectivity index (χ1) is 15.8. The molecule has 8 nitrogen and oxygen atoms in total. The standard InChI is InChI=1S/C24H29N3O5S/c1-13(2)32-23(29)20-14(3)25-24-27(16(12-33-24)11-19(28)26-15-9-10-15)21(20)17-7-6-8-18(30-4)22(17)31-5/h6-8,12-13,15,21H,9-11H2,1-5H3,(H,26,28)/t21-/m0/s1.